The first-order valence-electron chi connectivity index (χ1n) is 8.67. The van der Waals surface area contributed by atoms with Crippen LogP contribution < -0.4 is 0 Å². The maximum absolute atomic E-state index is 10.8. The first-order chi connectivity index (χ1) is 11.3. The smallest absolute Gasteiger partial charge is 0.130 e. The van der Waals surface area contributed by atoms with Crippen molar-refractivity contribution in [3.63, 3.8) is 0 Å². The van der Waals surface area contributed by atoms with Gasteiger partial charge in [-0.1, -0.05) is 59.4 Å². The highest BCUT2D eigenvalue weighted by molar-refractivity contribution is 7.99. The van der Waals surface area contributed by atoms with Crippen LogP contribution in [-0.4, -0.2) is 10.2 Å². The fourth-order valence-electron chi connectivity index (χ4n) is 3.34. The fourth-order valence-corrected chi connectivity index (χ4v) is 4.70. The summed E-state index contributed by atoms with van der Waals surface area (Å²) in [5.41, 5.74) is 4.43. The second kappa shape index (κ2) is 6.60. The van der Waals surface area contributed by atoms with E-state index in [4.69, 9.17) is 0 Å². The molecule has 25 heavy (non-hydrogen) atoms. The summed E-state index contributed by atoms with van der Waals surface area (Å²) < 4.78 is 0. The number of phenols is 2. The highest BCUT2D eigenvalue weighted by atomic mass is 32.2. The second-order valence-corrected chi connectivity index (χ2v) is 9.90. The van der Waals surface area contributed by atoms with E-state index < -0.39 is 0 Å². The zero-order valence-corrected chi connectivity index (χ0v) is 17.4. The maximum Gasteiger partial charge on any atom is 0.130 e. The van der Waals surface area contributed by atoms with Crippen molar-refractivity contribution in [1.82, 2.24) is 0 Å². The largest absolute Gasteiger partial charge is 0.507 e. The van der Waals surface area contributed by atoms with Gasteiger partial charge in [-0.05, 0) is 65.1 Å². The molecule has 0 heterocycles. The highest BCUT2D eigenvalue weighted by Gasteiger charge is 2.29. The van der Waals surface area contributed by atoms with Crippen molar-refractivity contribution in [2.24, 2.45) is 0 Å². The molecular formula is C22H30O2S. The van der Waals surface area contributed by atoms with Crippen LogP contribution in [0.5, 0.6) is 11.5 Å². The third kappa shape index (κ3) is 4.14. The van der Waals surface area contributed by atoms with Crippen LogP contribution in [0.3, 0.4) is 0 Å². The van der Waals surface area contributed by atoms with Gasteiger partial charge in [0.05, 0.1) is 9.79 Å². The van der Waals surface area contributed by atoms with Crippen molar-refractivity contribution in [1.29, 1.82) is 0 Å². The van der Waals surface area contributed by atoms with Gasteiger partial charge in [-0.3, -0.25) is 0 Å². The third-order valence-electron chi connectivity index (χ3n) is 4.41. The Morgan fingerprint density at radius 1 is 0.800 bits per heavy atom. The Labute approximate surface area is 156 Å². The summed E-state index contributed by atoms with van der Waals surface area (Å²) in [5, 5.41) is 21.1. The fraction of sp³-hybridized carbons (Fsp3) is 0.455. The van der Waals surface area contributed by atoms with E-state index in [0.29, 0.717) is 0 Å². The van der Waals surface area contributed by atoms with Gasteiger partial charge in [-0.15, -0.1) is 0 Å². The predicted molar refractivity (Wildman–Crippen MR) is 107 cm³/mol. The molecule has 0 unspecified atom stereocenters. The molecule has 0 aliphatic carbocycles. The van der Waals surface area contributed by atoms with Gasteiger partial charge in [0.25, 0.3) is 0 Å². The SMILES string of the molecule is Cc1ccc(O)c(Sc2c(O)cc(C(C)(C)C)c(C)c2C(C)(C)C)c1. The monoisotopic (exact) mass is 358 g/mol. The number of aryl methyl sites for hydroxylation is 1. The standard InChI is InChI=1S/C22H30O2S/c1-13-9-10-16(23)18(11-13)25-20-17(24)12-15(21(3,4)5)14(2)19(20)22(6,7)8/h9-12,23-24H,1-8H3. The van der Waals surface area contributed by atoms with Crippen molar-refractivity contribution < 1.29 is 10.2 Å². The minimum atomic E-state index is -0.120. The van der Waals surface area contributed by atoms with Gasteiger partial charge in [0, 0.05) is 0 Å². The maximum atomic E-state index is 10.8. The van der Waals surface area contributed by atoms with Crippen LogP contribution in [0, 0.1) is 13.8 Å². The average Bonchev–Trinajstić information content (AvgIpc) is 2.43. The summed E-state index contributed by atoms with van der Waals surface area (Å²) in [6.45, 7) is 17.1. The molecule has 0 saturated carbocycles. The first kappa shape index (κ1) is 19.7. The van der Waals surface area contributed by atoms with Crippen molar-refractivity contribution in [3.8, 4) is 11.5 Å². The molecule has 0 radical (unpaired) electrons. The van der Waals surface area contributed by atoms with Crippen molar-refractivity contribution >= 4 is 11.8 Å². The van der Waals surface area contributed by atoms with E-state index in [-0.39, 0.29) is 22.3 Å². The first-order valence-corrected chi connectivity index (χ1v) is 9.49. The van der Waals surface area contributed by atoms with Crippen LogP contribution in [0.2, 0.25) is 0 Å². The summed E-state index contributed by atoms with van der Waals surface area (Å²) in [5.74, 6) is 0.527. The van der Waals surface area contributed by atoms with Gasteiger partial charge in [-0.2, -0.15) is 0 Å². The molecule has 0 aromatic heterocycles. The lowest BCUT2D eigenvalue weighted by molar-refractivity contribution is 0.446. The molecule has 0 fully saturated rings. The van der Waals surface area contributed by atoms with Crippen LogP contribution in [0.4, 0.5) is 0 Å². The van der Waals surface area contributed by atoms with Gasteiger partial charge in [0.15, 0.2) is 0 Å². The van der Waals surface area contributed by atoms with E-state index in [2.05, 4.69) is 48.5 Å². The molecule has 2 nitrogen and oxygen atoms in total. The Bertz CT molecular complexity index is 793. The number of phenolic OH excluding ortho intramolecular Hbond substituents is 2. The molecule has 2 rings (SSSR count). The molecule has 0 aliphatic rings. The number of hydrogen-bond donors (Lipinski definition) is 2. The molecule has 0 spiro atoms. The van der Waals surface area contributed by atoms with Gasteiger partial charge in [0.2, 0.25) is 0 Å². The molecule has 136 valence electrons. The molecular weight excluding hydrogens is 328 g/mol. The predicted octanol–water partition coefficient (Wildman–Crippen LogP) is 6.46. The lowest BCUT2D eigenvalue weighted by Gasteiger charge is -2.31. The minimum Gasteiger partial charge on any atom is -0.507 e. The van der Waals surface area contributed by atoms with Crippen LogP contribution in [0.1, 0.15) is 63.8 Å². The van der Waals surface area contributed by atoms with Gasteiger partial charge in [-0.25, -0.2) is 0 Å². The molecule has 0 amide bonds. The third-order valence-corrected chi connectivity index (χ3v) is 5.57. The zero-order chi connectivity index (χ0) is 19.2. The molecule has 0 atom stereocenters. The van der Waals surface area contributed by atoms with Crippen LogP contribution in [-0.2, 0) is 10.8 Å². The summed E-state index contributed by atoms with van der Waals surface area (Å²) in [7, 11) is 0. The Kier molecular flexibility index (Phi) is 5.21. The molecule has 0 saturated heterocycles. The van der Waals surface area contributed by atoms with Crippen molar-refractivity contribution in [2.45, 2.75) is 76.0 Å². The quantitative estimate of drug-likeness (QED) is 0.647. The second-order valence-electron chi connectivity index (χ2n) is 8.85. The Hall–Kier alpha value is -1.61. The minimum absolute atomic E-state index is 0.0454. The van der Waals surface area contributed by atoms with E-state index in [0.717, 1.165) is 26.5 Å². The number of benzene rings is 2. The van der Waals surface area contributed by atoms with E-state index in [1.54, 1.807) is 6.07 Å². The van der Waals surface area contributed by atoms with Crippen LogP contribution >= 0.6 is 11.8 Å². The molecule has 2 aromatic rings. The summed E-state index contributed by atoms with van der Waals surface area (Å²) in [4.78, 5) is 1.60. The Balaban J connectivity index is 2.73. The van der Waals surface area contributed by atoms with Crippen LogP contribution in [0.25, 0.3) is 0 Å². The number of rotatable bonds is 2. The van der Waals surface area contributed by atoms with Crippen molar-refractivity contribution in [2.75, 3.05) is 0 Å². The molecule has 2 aromatic carbocycles. The normalized spacial score (nSPS) is 12.5. The van der Waals surface area contributed by atoms with E-state index in [9.17, 15) is 10.2 Å². The Morgan fingerprint density at radius 3 is 1.92 bits per heavy atom. The zero-order valence-electron chi connectivity index (χ0n) is 16.6. The van der Waals surface area contributed by atoms with E-state index in [1.807, 2.05) is 25.1 Å². The van der Waals surface area contributed by atoms with E-state index >= 15 is 0 Å². The summed E-state index contributed by atoms with van der Waals surface area (Å²) in [6, 6.07) is 7.44. The van der Waals surface area contributed by atoms with Gasteiger partial charge >= 0.3 is 0 Å². The van der Waals surface area contributed by atoms with Crippen LogP contribution in [0.15, 0.2) is 34.1 Å². The highest BCUT2D eigenvalue weighted by Crippen LogP contribution is 2.48. The number of aromatic hydroxyl groups is 2. The molecule has 3 heteroatoms. The average molecular weight is 359 g/mol. The van der Waals surface area contributed by atoms with Gasteiger partial charge in [0.1, 0.15) is 11.5 Å². The molecule has 0 aliphatic heterocycles. The van der Waals surface area contributed by atoms with Gasteiger partial charge < -0.3 is 10.2 Å². The molecule has 2 N–H and O–H groups in total. The summed E-state index contributed by atoms with van der Waals surface area (Å²) >= 11 is 1.44. The van der Waals surface area contributed by atoms with Crippen molar-refractivity contribution in [3.05, 3.63) is 46.5 Å². The van der Waals surface area contributed by atoms with E-state index in [1.165, 1.54) is 17.3 Å². The molecule has 0 bridgehead atoms. The number of hydrogen-bond acceptors (Lipinski definition) is 3. The lowest BCUT2D eigenvalue weighted by atomic mass is 9.76. The lowest BCUT2D eigenvalue weighted by Crippen LogP contribution is -2.20. The summed E-state index contributed by atoms with van der Waals surface area (Å²) in [6.07, 6.45) is 0. The topological polar surface area (TPSA) is 40.5 Å². The Morgan fingerprint density at radius 2 is 1.40 bits per heavy atom.